The Labute approximate surface area is 54.2 Å². The lowest BCUT2D eigenvalue weighted by atomic mass is 9.80. The van der Waals surface area contributed by atoms with Crippen LogP contribution in [0.5, 0.6) is 0 Å². The number of rotatable bonds is 1. The number of aliphatic carboxylic acids is 1. The third-order valence-electron chi connectivity index (χ3n) is 1.80. The molecule has 0 heterocycles. The summed E-state index contributed by atoms with van der Waals surface area (Å²) in [6.45, 7) is 3.82. The van der Waals surface area contributed by atoms with E-state index in [0.29, 0.717) is 5.57 Å². The molecule has 2 nitrogen and oxygen atoms in total. The molecule has 0 radical (unpaired) electrons. The molecule has 0 fully saturated rings. The van der Waals surface area contributed by atoms with Crippen LogP contribution in [-0.2, 0) is 4.79 Å². The minimum Gasteiger partial charge on any atom is -0.478 e. The van der Waals surface area contributed by atoms with E-state index in [-0.39, 0.29) is 5.92 Å². The molecule has 0 amide bonds. The van der Waals surface area contributed by atoms with Crippen molar-refractivity contribution >= 4 is 5.97 Å². The van der Waals surface area contributed by atoms with E-state index < -0.39 is 5.97 Å². The molecule has 0 spiro atoms. The third-order valence-corrected chi connectivity index (χ3v) is 1.80. The zero-order valence-corrected chi connectivity index (χ0v) is 5.64. The molecule has 1 N–H and O–H groups in total. The SMILES string of the molecule is CC1=C(C(=O)O)C(C)C1. The van der Waals surface area contributed by atoms with Crippen LogP contribution < -0.4 is 0 Å². The van der Waals surface area contributed by atoms with Crippen molar-refractivity contribution < 1.29 is 9.90 Å². The molecule has 1 aliphatic rings. The van der Waals surface area contributed by atoms with Gasteiger partial charge < -0.3 is 5.11 Å². The van der Waals surface area contributed by atoms with E-state index in [2.05, 4.69) is 0 Å². The number of carboxylic acid groups (broad SMARTS) is 1. The molecule has 0 aromatic rings. The molecule has 0 bridgehead atoms. The van der Waals surface area contributed by atoms with E-state index in [4.69, 9.17) is 5.11 Å². The van der Waals surface area contributed by atoms with Crippen LogP contribution in [-0.4, -0.2) is 11.1 Å². The Morgan fingerprint density at radius 3 is 2.44 bits per heavy atom. The Bertz CT molecular complexity index is 179. The van der Waals surface area contributed by atoms with Gasteiger partial charge in [0.05, 0.1) is 0 Å². The van der Waals surface area contributed by atoms with Gasteiger partial charge in [-0.25, -0.2) is 4.79 Å². The summed E-state index contributed by atoms with van der Waals surface area (Å²) in [6.07, 6.45) is 0.960. The highest BCUT2D eigenvalue weighted by Gasteiger charge is 2.27. The second-order valence-electron chi connectivity index (χ2n) is 2.60. The van der Waals surface area contributed by atoms with Gasteiger partial charge in [0.1, 0.15) is 0 Å². The van der Waals surface area contributed by atoms with Crippen LogP contribution in [0.4, 0.5) is 0 Å². The lowest BCUT2D eigenvalue weighted by Gasteiger charge is -2.25. The summed E-state index contributed by atoms with van der Waals surface area (Å²) in [7, 11) is 0. The lowest BCUT2D eigenvalue weighted by Crippen LogP contribution is -2.20. The van der Waals surface area contributed by atoms with Crippen molar-refractivity contribution in [2.75, 3.05) is 0 Å². The van der Waals surface area contributed by atoms with Crippen molar-refractivity contribution in [3.8, 4) is 0 Å². The minimum atomic E-state index is -0.744. The summed E-state index contributed by atoms with van der Waals surface area (Å²) in [4.78, 5) is 10.3. The van der Waals surface area contributed by atoms with Crippen molar-refractivity contribution in [2.45, 2.75) is 20.3 Å². The maximum Gasteiger partial charge on any atom is 0.331 e. The predicted molar refractivity (Wildman–Crippen MR) is 34.1 cm³/mol. The first-order valence-electron chi connectivity index (χ1n) is 3.06. The van der Waals surface area contributed by atoms with Gasteiger partial charge in [-0.05, 0) is 19.3 Å². The van der Waals surface area contributed by atoms with Gasteiger partial charge >= 0.3 is 5.97 Å². The van der Waals surface area contributed by atoms with Crippen molar-refractivity contribution in [1.29, 1.82) is 0 Å². The largest absolute Gasteiger partial charge is 0.478 e. The molecule has 9 heavy (non-hydrogen) atoms. The summed E-state index contributed by atoms with van der Waals surface area (Å²) < 4.78 is 0. The highest BCUT2D eigenvalue weighted by molar-refractivity contribution is 5.89. The van der Waals surface area contributed by atoms with Crippen molar-refractivity contribution in [1.82, 2.24) is 0 Å². The van der Waals surface area contributed by atoms with Crippen LogP contribution in [0.2, 0.25) is 0 Å². The molecule has 1 rings (SSSR count). The fraction of sp³-hybridized carbons (Fsp3) is 0.571. The first kappa shape index (κ1) is 6.33. The van der Waals surface area contributed by atoms with Gasteiger partial charge in [-0.3, -0.25) is 0 Å². The Kier molecular flexibility index (Phi) is 1.31. The summed E-state index contributed by atoms with van der Waals surface area (Å²) in [5.74, 6) is -0.464. The first-order chi connectivity index (χ1) is 4.13. The molecule has 0 saturated carbocycles. The van der Waals surface area contributed by atoms with Gasteiger partial charge in [0, 0.05) is 5.57 Å². The minimum absolute atomic E-state index is 0.280. The zero-order chi connectivity index (χ0) is 7.02. The number of carbonyl (C=O) groups is 1. The zero-order valence-electron chi connectivity index (χ0n) is 5.64. The van der Waals surface area contributed by atoms with Crippen LogP contribution in [0, 0.1) is 5.92 Å². The lowest BCUT2D eigenvalue weighted by molar-refractivity contribution is -0.133. The van der Waals surface area contributed by atoms with E-state index in [0.717, 1.165) is 12.0 Å². The predicted octanol–water partition coefficient (Wildman–Crippen LogP) is 1.43. The average molecular weight is 126 g/mol. The monoisotopic (exact) mass is 126 g/mol. The van der Waals surface area contributed by atoms with Gasteiger partial charge in [0.25, 0.3) is 0 Å². The van der Waals surface area contributed by atoms with Crippen LogP contribution in [0.3, 0.4) is 0 Å². The van der Waals surface area contributed by atoms with Gasteiger partial charge in [0.2, 0.25) is 0 Å². The first-order valence-corrected chi connectivity index (χ1v) is 3.06. The number of hydrogen-bond donors (Lipinski definition) is 1. The van der Waals surface area contributed by atoms with E-state index in [1.54, 1.807) is 0 Å². The molecule has 0 saturated heterocycles. The molecular weight excluding hydrogens is 116 g/mol. The van der Waals surface area contributed by atoms with Crippen molar-refractivity contribution in [3.05, 3.63) is 11.1 Å². The van der Waals surface area contributed by atoms with E-state index in [1.165, 1.54) is 0 Å². The second-order valence-corrected chi connectivity index (χ2v) is 2.60. The quantitative estimate of drug-likeness (QED) is 0.577. The van der Waals surface area contributed by atoms with E-state index in [9.17, 15) is 4.79 Å². The highest BCUT2D eigenvalue weighted by atomic mass is 16.4. The summed E-state index contributed by atoms with van der Waals surface area (Å²) >= 11 is 0. The molecule has 0 aromatic heterocycles. The van der Waals surface area contributed by atoms with Crippen LogP contribution in [0.1, 0.15) is 20.3 Å². The molecule has 2 heteroatoms. The number of allylic oxidation sites excluding steroid dienone is 1. The van der Waals surface area contributed by atoms with Crippen LogP contribution in [0.25, 0.3) is 0 Å². The summed E-state index contributed by atoms with van der Waals surface area (Å²) in [6, 6.07) is 0. The molecule has 1 unspecified atom stereocenters. The van der Waals surface area contributed by atoms with Crippen molar-refractivity contribution in [3.63, 3.8) is 0 Å². The molecule has 0 aromatic carbocycles. The fourth-order valence-electron chi connectivity index (χ4n) is 1.35. The standard InChI is InChI=1S/C7H10O2/c1-4-3-5(2)6(4)7(8)9/h4H,3H2,1-2H3,(H,8,9). The highest BCUT2D eigenvalue weighted by Crippen LogP contribution is 2.33. The molecular formula is C7H10O2. The summed E-state index contributed by atoms with van der Waals surface area (Å²) in [5.41, 5.74) is 1.66. The normalized spacial score (nSPS) is 25.8. The van der Waals surface area contributed by atoms with Crippen molar-refractivity contribution in [2.24, 2.45) is 5.92 Å². The maximum absolute atomic E-state index is 10.3. The average Bonchev–Trinajstić information content (AvgIpc) is 1.62. The second kappa shape index (κ2) is 1.87. The van der Waals surface area contributed by atoms with E-state index in [1.807, 2.05) is 13.8 Å². The third kappa shape index (κ3) is 0.846. The Balaban J connectivity index is 2.80. The Hall–Kier alpha value is -0.790. The summed E-state index contributed by atoms with van der Waals surface area (Å²) in [5, 5.41) is 8.52. The molecule has 1 aliphatic carbocycles. The maximum atomic E-state index is 10.3. The van der Waals surface area contributed by atoms with Crippen LogP contribution in [0.15, 0.2) is 11.1 Å². The molecule has 1 atom stereocenters. The van der Waals surface area contributed by atoms with Gasteiger partial charge in [0.15, 0.2) is 0 Å². The Morgan fingerprint density at radius 2 is 2.33 bits per heavy atom. The smallest absolute Gasteiger partial charge is 0.331 e. The molecule has 0 aliphatic heterocycles. The van der Waals surface area contributed by atoms with Gasteiger partial charge in [-0.15, -0.1) is 0 Å². The number of carboxylic acids is 1. The topological polar surface area (TPSA) is 37.3 Å². The van der Waals surface area contributed by atoms with Crippen LogP contribution >= 0.6 is 0 Å². The number of hydrogen-bond acceptors (Lipinski definition) is 1. The fourth-order valence-corrected chi connectivity index (χ4v) is 1.35. The van der Waals surface area contributed by atoms with Gasteiger partial charge in [-0.2, -0.15) is 0 Å². The Morgan fingerprint density at radius 1 is 1.78 bits per heavy atom. The van der Waals surface area contributed by atoms with E-state index >= 15 is 0 Å². The molecule has 50 valence electrons. The van der Waals surface area contributed by atoms with Gasteiger partial charge in [-0.1, -0.05) is 12.5 Å².